The Morgan fingerprint density at radius 3 is 2.58 bits per heavy atom. The Bertz CT molecular complexity index is 1080. The van der Waals surface area contributed by atoms with Crippen LogP contribution in [0.2, 0.25) is 0 Å². The van der Waals surface area contributed by atoms with E-state index in [1.54, 1.807) is 30.3 Å². The molecule has 2 aromatic heterocycles. The van der Waals surface area contributed by atoms with E-state index in [1.165, 1.54) is 12.3 Å². The van der Waals surface area contributed by atoms with Crippen LogP contribution < -0.4 is 22.1 Å². The van der Waals surface area contributed by atoms with Crippen molar-refractivity contribution in [1.82, 2.24) is 9.97 Å². The number of anilines is 3. The molecule has 0 aliphatic heterocycles. The van der Waals surface area contributed by atoms with E-state index in [4.69, 9.17) is 11.5 Å². The van der Waals surface area contributed by atoms with Crippen molar-refractivity contribution in [2.45, 2.75) is 25.8 Å². The lowest BCUT2D eigenvalue weighted by atomic mass is 10.1. The van der Waals surface area contributed by atoms with Crippen LogP contribution >= 0.6 is 0 Å². The number of nitrogens with zero attached hydrogens (tertiary/aromatic N) is 2. The number of primary amides is 1. The third-order valence-corrected chi connectivity index (χ3v) is 4.68. The predicted octanol–water partition coefficient (Wildman–Crippen LogP) is 3.80. The highest BCUT2D eigenvalue weighted by Gasteiger charge is 2.18. The summed E-state index contributed by atoms with van der Waals surface area (Å²) in [6.07, 6.45) is 3.08. The Labute approximate surface area is 178 Å². The van der Waals surface area contributed by atoms with Gasteiger partial charge < -0.3 is 22.1 Å². The van der Waals surface area contributed by atoms with Crippen LogP contribution in [0.4, 0.5) is 26.1 Å². The van der Waals surface area contributed by atoms with Gasteiger partial charge in [0.25, 0.3) is 5.91 Å². The largest absolute Gasteiger partial charge is 0.365 e. The molecule has 0 bridgehead atoms. The fraction of sp³-hybridized carbons (Fsp3) is 0.227. The molecule has 31 heavy (non-hydrogen) atoms. The first-order chi connectivity index (χ1) is 14.9. The minimum atomic E-state index is -0.840. The summed E-state index contributed by atoms with van der Waals surface area (Å²) in [6, 6.07) is 10.3. The SMILES string of the molecule is CCC[C@H](CN)Nc1nc(Nc2ccnc(-c3ccccc3F)c2)c(C(N)=O)cc1F. The number of rotatable bonds is 9. The van der Waals surface area contributed by atoms with Gasteiger partial charge in [0.1, 0.15) is 11.6 Å². The molecule has 6 N–H and O–H groups in total. The molecule has 0 fully saturated rings. The second-order valence-electron chi connectivity index (χ2n) is 6.98. The molecule has 1 aromatic carbocycles. The van der Waals surface area contributed by atoms with Crippen LogP contribution in [0.15, 0.2) is 48.7 Å². The summed E-state index contributed by atoms with van der Waals surface area (Å²) in [5, 5.41) is 5.93. The molecule has 0 aliphatic rings. The van der Waals surface area contributed by atoms with Gasteiger partial charge in [-0.25, -0.2) is 13.8 Å². The summed E-state index contributed by atoms with van der Waals surface area (Å²) in [6.45, 7) is 2.29. The molecule has 9 heteroatoms. The molecule has 3 rings (SSSR count). The van der Waals surface area contributed by atoms with Crippen molar-refractivity contribution >= 4 is 23.2 Å². The average molecular weight is 426 g/mol. The van der Waals surface area contributed by atoms with Crippen LogP contribution in [0.3, 0.4) is 0 Å². The van der Waals surface area contributed by atoms with Crippen LogP contribution in [-0.4, -0.2) is 28.5 Å². The third-order valence-electron chi connectivity index (χ3n) is 4.68. The zero-order valence-electron chi connectivity index (χ0n) is 17.0. The third kappa shape index (κ3) is 5.32. The monoisotopic (exact) mass is 426 g/mol. The van der Waals surface area contributed by atoms with Gasteiger partial charge in [-0.2, -0.15) is 0 Å². The standard InChI is InChI=1S/C22H24F2N6O/c1-2-5-14(12-25)29-22-18(24)11-16(20(26)31)21(30-22)28-13-8-9-27-19(10-13)15-6-3-4-7-17(15)23/h3-4,6-11,14H,2,5,12,25H2,1H3,(H2,26,31)(H2,27,28,29,30)/t14-/m1/s1. The zero-order chi connectivity index (χ0) is 22.4. The summed E-state index contributed by atoms with van der Waals surface area (Å²) in [7, 11) is 0. The molecular formula is C22H24F2N6O. The minimum absolute atomic E-state index is 0.0419. The maximum Gasteiger partial charge on any atom is 0.252 e. The molecule has 3 aromatic rings. The Morgan fingerprint density at radius 2 is 1.90 bits per heavy atom. The maximum absolute atomic E-state index is 14.5. The van der Waals surface area contributed by atoms with Gasteiger partial charge in [0.2, 0.25) is 0 Å². The van der Waals surface area contributed by atoms with E-state index in [9.17, 15) is 13.6 Å². The second-order valence-corrected chi connectivity index (χ2v) is 6.98. The van der Waals surface area contributed by atoms with E-state index >= 15 is 0 Å². The predicted molar refractivity (Wildman–Crippen MR) is 117 cm³/mol. The molecule has 7 nitrogen and oxygen atoms in total. The van der Waals surface area contributed by atoms with Gasteiger partial charge >= 0.3 is 0 Å². The summed E-state index contributed by atoms with van der Waals surface area (Å²) in [5.74, 6) is -1.95. The van der Waals surface area contributed by atoms with Crippen LogP contribution in [0, 0.1) is 11.6 Å². The molecule has 162 valence electrons. The highest BCUT2D eigenvalue weighted by Crippen LogP contribution is 2.27. The van der Waals surface area contributed by atoms with Crippen LogP contribution in [-0.2, 0) is 0 Å². The van der Waals surface area contributed by atoms with Crippen molar-refractivity contribution in [3.63, 3.8) is 0 Å². The van der Waals surface area contributed by atoms with E-state index in [0.717, 1.165) is 18.9 Å². The fourth-order valence-corrected chi connectivity index (χ4v) is 3.13. The number of hydrogen-bond acceptors (Lipinski definition) is 6. The zero-order valence-corrected chi connectivity index (χ0v) is 17.0. The topological polar surface area (TPSA) is 119 Å². The Morgan fingerprint density at radius 1 is 1.13 bits per heavy atom. The smallest absolute Gasteiger partial charge is 0.252 e. The van der Waals surface area contributed by atoms with Crippen molar-refractivity contribution in [3.8, 4) is 11.3 Å². The molecule has 0 radical (unpaired) electrons. The fourth-order valence-electron chi connectivity index (χ4n) is 3.13. The van der Waals surface area contributed by atoms with Gasteiger partial charge in [0, 0.05) is 30.0 Å². The van der Waals surface area contributed by atoms with E-state index in [0.29, 0.717) is 23.5 Å². The van der Waals surface area contributed by atoms with Gasteiger partial charge in [-0.1, -0.05) is 25.5 Å². The van der Waals surface area contributed by atoms with Crippen molar-refractivity contribution in [1.29, 1.82) is 0 Å². The molecule has 0 spiro atoms. The minimum Gasteiger partial charge on any atom is -0.365 e. The van der Waals surface area contributed by atoms with E-state index in [-0.39, 0.29) is 23.2 Å². The molecule has 0 saturated heterocycles. The molecule has 0 saturated carbocycles. The highest BCUT2D eigenvalue weighted by atomic mass is 19.1. The first kappa shape index (κ1) is 22.1. The number of halogens is 2. The normalized spacial score (nSPS) is 11.7. The Kier molecular flexibility index (Phi) is 7.09. The molecular weight excluding hydrogens is 402 g/mol. The van der Waals surface area contributed by atoms with Gasteiger partial charge in [-0.15, -0.1) is 0 Å². The summed E-state index contributed by atoms with van der Waals surface area (Å²) < 4.78 is 28.7. The number of aromatic nitrogens is 2. The van der Waals surface area contributed by atoms with Gasteiger partial charge in [0.15, 0.2) is 11.6 Å². The van der Waals surface area contributed by atoms with Gasteiger partial charge in [0.05, 0.1) is 11.3 Å². The first-order valence-electron chi connectivity index (χ1n) is 9.87. The number of hydrogen-bond donors (Lipinski definition) is 4. The maximum atomic E-state index is 14.5. The summed E-state index contributed by atoms with van der Waals surface area (Å²) in [4.78, 5) is 20.3. The van der Waals surface area contributed by atoms with Crippen LogP contribution in [0.1, 0.15) is 30.1 Å². The summed E-state index contributed by atoms with van der Waals surface area (Å²) >= 11 is 0. The van der Waals surface area contributed by atoms with E-state index < -0.39 is 17.5 Å². The Hall–Kier alpha value is -3.59. The molecule has 1 amide bonds. The summed E-state index contributed by atoms with van der Waals surface area (Å²) in [5.41, 5.74) is 12.2. The second kappa shape index (κ2) is 9.94. The average Bonchev–Trinajstić information content (AvgIpc) is 2.75. The van der Waals surface area contributed by atoms with Crippen molar-refractivity contribution in [3.05, 3.63) is 65.9 Å². The van der Waals surface area contributed by atoms with Gasteiger partial charge in [-0.05, 0) is 36.8 Å². The van der Waals surface area contributed by atoms with Crippen LogP contribution in [0.5, 0.6) is 0 Å². The lowest BCUT2D eigenvalue weighted by Crippen LogP contribution is -2.29. The van der Waals surface area contributed by atoms with E-state index in [2.05, 4.69) is 20.6 Å². The van der Waals surface area contributed by atoms with Crippen molar-refractivity contribution < 1.29 is 13.6 Å². The van der Waals surface area contributed by atoms with Crippen LogP contribution in [0.25, 0.3) is 11.3 Å². The number of pyridine rings is 2. The molecule has 2 heterocycles. The molecule has 0 unspecified atom stereocenters. The lowest BCUT2D eigenvalue weighted by Gasteiger charge is -2.19. The number of benzene rings is 1. The number of carbonyl (C=O) groups is 1. The van der Waals surface area contributed by atoms with E-state index in [1.807, 2.05) is 6.92 Å². The highest BCUT2D eigenvalue weighted by molar-refractivity contribution is 5.98. The number of amides is 1. The quantitative estimate of drug-likeness (QED) is 0.413. The van der Waals surface area contributed by atoms with Crippen molar-refractivity contribution in [2.24, 2.45) is 11.5 Å². The number of nitrogens with two attached hydrogens (primary N) is 2. The Balaban J connectivity index is 1.96. The van der Waals surface area contributed by atoms with Crippen molar-refractivity contribution in [2.75, 3.05) is 17.2 Å². The number of nitrogens with one attached hydrogen (secondary N) is 2. The first-order valence-corrected chi connectivity index (χ1v) is 9.87. The van der Waals surface area contributed by atoms with Gasteiger partial charge in [-0.3, -0.25) is 9.78 Å². The molecule has 1 atom stereocenters. The lowest BCUT2D eigenvalue weighted by molar-refractivity contribution is 0.100. The molecule has 0 aliphatic carbocycles. The number of carbonyl (C=O) groups excluding carboxylic acids is 1.